The van der Waals surface area contributed by atoms with Crippen molar-refractivity contribution in [2.75, 3.05) is 26.7 Å². The Kier molecular flexibility index (Phi) is 5.49. The fraction of sp³-hybridized carbons (Fsp3) is 0.238. The Morgan fingerprint density at radius 3 is 2.15 bits per heavy atom. The lowest BCUT2D eigenvalue weighted by Gasteiger charge is -2.20. The molecular weight excluding hydrogens is 328 g/mol. The van der Waals surface area contributed by atoms with Crippen LogP contribution >= 0.6 is 0 Å². The number of amides is 2. The van der Waals surface area contributed by atoms with E-state index in [1.54, 1.807) is 11.9 Å². The third kappa shape index (κ3) is 3.53. The monoisotopic (exact) mass is 350 g/mol. The van der Waals surface area contributed by atoms with E-state index in [2.05, 4.69) is 0 Å². The predicted octanol–water partition coefficient (Wildman–Crippen LogP) is 1.93. The maximum absolute atomic E-state index is 13.0. The van der Waals surface area contributed by atoms with Crippen LogP contribution in [0, 0.1) is 0 Å². The van der Waals surface area contributed by atoms with E-state index < -0.39 is 0 Å². The molecule has 0 bridgehead atoms. The maximum Gasteiger partial charge on any atom is 0.277 e. The smallest absolute Gasteiger partial charge is 0.277 e. The van der Waals surface area contributed by atoms with E-state index >= 15 is 0 Å². The van der Waals surface area contributed by atoms with E-state index in [1.807, 2.05) is 60.7 Å². The van der Waals surface area contributed by atoms with Gasteiger partial charge in [0.1, 0.15) is 5.70 Å². The number of hydrogen-bond acceptors (Lipinski definition) is 4. The zero-order valence-electron chi connectivity index (χ0n) is 14.8. The maximum atomic E-state index is 13.0. The third-order valence-electron chi connectivity index (χ3n) is 4.49. The number of hydrogen-bond donors (Lipinski definition) is 1. The Balaban J connectivity index is 1.90. The molecule has 0 saturated carbocycles. The predicted molar refractivity (Wildman–Crippen MR) is 99.9 cm³/mol. The molecule has 3 rings (SSSR count). The van der Waals surface area contributed by atoms with Crippen LogP contribution in [-0.4, -0.2) is 53.5 Å². The summed E-state index contributed by atoms with van der Waals surface area (Å²) in [5.41, 5.74) is 2.54. The number of aliphatic hydroxyl groups excluding tert-OH is 1. The number of benzene rings is 2. The second kappa shape index (κ2) is 7.97. The molecule has 5 heteroatoms. The van der Waals surface area contributed by atoms with E-state index in [0.29, 0.717) is 29.8 Å². The van der Waals surface area contributed by atoms with Gasteiger partial charge in [0.25, 0.3) is 11.8 Å². The standard InChI is InChI=1S/C21H22N2O3/c1-22(14-15-24)19-18(17-10-6-3-7-11-17)20(25)23(21(19)26)13-12-16-8-4-2-5-9-16/h2-11,24H,12-15H2,1H3. The highest BCUT2D eigenvalue weighted by atomic mass is 16.3. The molecule has 0 spiro atoms. The van der Waals surface area contributed by atoms with Crippen LogP contribution < -0.4 is 0 Å². The number of imide groups is 1. The van der Waals surface area contributed by atoms with Crippen LogP contribution in [0.25, 0.3) is 5.57 Å². The minimum absolute atomic E-state index is 0.0897. The summed E-state index contributed by atoms with van der Waals surface area (Å²) >= 11 is 0. The third-order valence-corrected chi connectivity index (χ3v) is 4.49. The molecule has 2 amide bonds. The molecule has 0 unspecified atom stereocenters. The van der Waals surface area contributed by atoms with Crippen molar-refractivity contribution in [3.63, 3.8) is 0 Å². The summed E-state index contributed by atoms with van der Waals surface area (Å²) < 4.78 is 0. The van der Waals surface area contributed by atoms with Crippen molar-refractivity contribution in [1.82, 2.24) is 9.80 Å². The first kappa shape index (κ1) is 17.9. The van der Waals surface area contributed by atoms with Crippen molar-refractivity contribution in [3.8, 4) is 0 Å². The number of carbonyl (C=O) groups excluding carboxylic acids is 2. The van der Waals surface area contributed by atoms with Gasteiger partial charge in [-0.2, -0.15) is 0 Å². The first-order valence-electron chi connectivity index (χ1n) is 8.65. The Hall–Kier alpha value is -2.92. The lowest BCUT2D eigenvalue weighted by atomic mass is 10.0. The topological polar surface area (TPSA) is 60.9 Å². The quantitative estimate of drug-likeness (QED) is 0.775. The summed E-state index contributed by atoms with van der Waals surface area (Å²) in [5, 5.41) is 9.25. The normalized spacial score (nSPS) is 14.3. The summed E-state index contributed by atoms with van der Waals surface area (Å²) in [6.07, 6.45) is 0.609. The molecule has 0 fully saturated rings. The van der Waals surface area contributed by atoms with Crippen LogP contribution in [0.1, 0.15) is 11.1 Å². The van der Waals surface area contributed by atoms with Crippen molar-refractivity contribution >= 4 is 17.4 Å². The van der Waals surface area contributed by atoms with Crippen LogP contribution in [0.3, 0.4) is 0 Å². The highest BCUT2D eigenvalue weighted by molar-refractivity contribution is 6.35. The molecule has 0 saturated heterocycles. The van der Waals surface area contributed by atoms with E-state index in [9.17, 15) is 14.7 Å². The summed E-state index contributed by atoms with van der Waals surface area (Å²) in [5.74, 6) is -0.586. The molecule has 0 aliphatic carbocycles. The van der Waals surface area contributed by atoms with Gasteiger partial charge in [-0.25, -0.2) is 0 Å². The van der Waals surface area contributed by atoms with Gasteiger partial charge >= 0.3 is 0 Å². The van der Waals surface area contributed by atoms with Crippen molar-refractivity contribution in [3.05, 3.63) is 77.5 Å². The van der Waals surface area contributed by atoms with Crippen LogP contribution in [-0.2, 0) is 16.0 Å². The molecule has 2 aromatic rings. The highest BCUT2D eigenvalue weighted by Crippen LogP contribution is 2.31. The summed E-state index contributed by atoms with van der Waals surface area (Å²) in [4.78, 5) is 28.9. The average molecular weight is 350 g/mol. The molecule has 1 aliphatic heterocycles. The van der Waals surface area contributed by atoms with Gasteiger partial charge in [-0.3, -0.25) is 14.5 Å². The van der Waals surface area contributed by atoms with E-state index in [0.717, 1.165) is 5.56 Å². The molecule has 5 nitrogen and oxygen atoms in total. The van der Waals surface area contributed by atoms with Gasteiger partial charge < -0.3 is 10.0 Å². The molecule has 134 valence electrons. The van der Waals surface area contributed by atoms with E-state index in [4.69, 9.17) is 0 Å². The fourth-order valence-electron chi connectivity index (χ4n) is 3.13. The summed E-state index contributed by atoms with van der Waals surface area (Å²) in [7, 11) is 1.72. The Bertz CT molecular complexity index is 816. The van der Waals surface area contributed by atoms with Crippen molar-refractivity contribution in [1.29, 1.82) is 0 Å². The van der Waals surface area contributed by atoms with Gasteiger partial charge in [0, 0.05) is 20.1 Å². The molecule has 1 heterocycles. The second-order valence-electron chi connectivity index (χ2n) is 6.23. The minimum Gasteiger partial charge on any atom is -0.395 e. The number of carbonyl (C=O) groups is 2. The zero-order chi connectivity index (χ0) is 18.5. The fourth-order valence-corrected chi connectivity index (χ4v) is 3.13. The molecular formula is C21H22N2O3. The Morgan fingerprint density at radius 2 is 1.54 bits per heavy atom. The van der Waals surface area contributed by atoms with Crippen molar-refractivity contribution in [2.24, 2.45) is 0 Å². The Morgan fingerprint density at radius 1 is 0.923 bits per heavy atom. The van der Waals surface area contributed by atoms with Crippen LogP contribution in [0.15, 0.2) is 66.4 Å². The number of nitrogens with zero attached hydrogens (tertiary/aromatic N) is 2. The van der Waals surface area contributed by atoms with E-state index in [1.165, 1.54) is 4.90 Å². The minimum atomic E-state index is -0.305. The first-order valence-corrected chi connectivity index (χ1v) is 8.65. The Labute approximate surface area is 153 Å². The van der Waals surface area contributed by atoms with Crippen LogP contribution in [0.4, 0.5) is 0 Å². The molecule has 0 aromatic heterocycles. The summed E-state index contributed by atoms with van der Waals surface area (Å²) in [6.45, 7) is 0.527. The van der Waals surface area contributed by atoms with Gasteiger partial charge in [-0.1, -0.05) is 60.7 Å². The summed E-state index contributed by atoms with van der Waals surface area (Å²) in [6, 6.07) is 19.0. The number of likely N-dealkylation sites (N-methyl/N-ethyl adjacent to an activating group) is 1. The van der Waals surface area contributed by atoms with Gasteiger partial charge in [-0.15, -0.1) is 0 Å². The SMILES string of the molecule is CN(CCO)C1=C(c2ccccc2)C(=O)N(CCc2ccccc2)C1=O. The molecule has 26 heavy (non-hydrogen) atoms. The lowest BCUT2D eigenvalue weighted by molar-refractivity contribution is -0.137. The van der Waals surface area contributed by atoms with Gasteiger partial charge in [0.2, 0.25) is 0 Å². The number of rotatable bonds is 7. The van der Waals surface area contributed by atoms with E-state index in [-0.39, 0.29) is 25.0 Å². The zero-order valence-corrected chi connectivity index (χ0v) is 14.8. The van der Waals surface area contributed by atoms with Crippen molar-refractivity contribution in [2.45, 2.75) is 6.42 Å². The molecule has 0 atom stereocenters. The number of aliphatic hydroxyl groups is 1. The second-order valence-corrected chi connectivity index (χ2v) is 6.23. The molecule has 1 aliphatic rings. The largest absolute Gasteiger partial charge is 0.395 e. The van der Waals surface area contributed by atoms with Crippen molar-refractivity contribution < 1.29 is 14.7 Å². The van der Waals surface area contributed by atoms with Gasteiger partial charge in [-0.05, 0) is 17.5 Å². The average Bonchev–Trinajstić information content (AvgIpc) is 2.92. The highest BCUT2D eigenvalue weighted by Gasteiger charge is 2.40. The first-order chi connectivity index (χ1) is 12.6. The van der Waals surface area contributed by atoms with Crippen LogP contribution in [0.5, 0.6) is 0 Å². The molecule has 1 N–H and O–H groups in total. The van der Waals surface area contributed by atoms with Crippen LogP contribution in [0.2, 0.25) is 0 Å². The molecule has 2 aromatic carbocycles. The molecule has 0 radical (unpaired) electrons. The van der Waals surface area contributed by atoms with Gasteiger partial charge in [0.15, 0.2) is 0 Å². The lowest BCUT2D eigenvalue weighted by Crippen LogP contribution is -2.36. The van der Waals surface area contributed by atoms with Gasteiger partial charge in [0.05, 0.1) is 12.2 Å².